The molecule has 7 nitrogen and oxygen atoms in total. The number of aryl methyl sites for hydroxylation is 1. The van der Waals surface area contributed by atoms with Crippen LogP contribution in [0.2, 0.25) is 0 Å². The summed E-state index contributed by atoms with van der Waals surface area (Å²) in [5, 5.41) is 10.3. The minimum Gasteiger partial charge on any atom is -0.461 e. The summed E-state index contributed by atoms with van der Waals surface area (Å²) in [4.78, 5) is 17.0. The van der Waals surface area contributed by atoms with Gasteiger partial charge in [-0.3, -0.25) is 9.88 Å². The van der Waals surface area contributed by atoms with Crippen molar-refractivity contribution in [2.45, 2.75) is 62.7 Å². The Hall–Kier alpha value is -3.36. The fraction of sp³-hybridized carbons (Fsp3) is 0.469. The van der Waals surface area contributed by atoms with Gasteiger partial charge in [0.05, 0.1) is 22.1 Å². The summed E-state index contributed by atoms with van der Waals surface area (Å²) in [6, 6.07) is 15.0. The molecule has 4 heterocycles. The van der Waals surface area contributed by atoms with Crippen molar-refractivity contribution in [2.75, 3.05) is 38.6 Å². The molecule has 2 aromatic carbocycles. The number of anilines is 1. The molecule has 40 heavy (non-hydrogen) atoms. The Bertz CT molecular complexity index is 1560. The number of pyridine rings is 1. The molecule has 0 amide bonds. The standard InChI is InChI=1S/C32H37FN6O/c1-21-27(25-11-5-9-22-8-3-4-10-24(22)25)35-17-26-28(21)37-30(38-29(26)36-19-31(34-2)12-6-13-31)40-20-32-14-7-15-39(32)18-23(33)16-32/h3-5,8-11,17,23,34H,6-7,12-16,18-20H2,1-2H3,(H,36,37,38)/t23-,32+/m1/s1. The minimum atomic E-state index is -0.796. The third kappa shape index (κ3) is 4.29. The smallest absolute Gasteiger partial charge is 0.319 e. The third-order valence-electron chi connectivity index (χ3n) is 9.67. The van der Waals surface area contributed by atoms with Gasteiger partial charge in [0.15, 0.2) is 0 Å². The molecule has 2 N–H and O–H groups in total. The first-order valence-electron chi connectivity index (χ1n) is 14.6. The van der Waals surface area contributed by atoms with Crippen LogP contribution in [0, 0.1) is 6.92 Å². The normalized spacial score (nSPS) is 23.8. The maximum Gasteiger partial charge on any atom is 0.319 e. The van der Waals surface area contributed by atoms with Gasteiger partial charge in [0.1, 0.15) is 18.6 Å². The van der Waals surface area contributed by atoms with Crippen molar-refractivity contribution >= 4 is 27.5 Å². The number of rotatable bonds is 8. The van der Waals surface area contributed by atoms with E-state index in [-0.39, 0.29) is 11.1 Å². The Morgan fingerprint density at radius 2 is 1.90 bits per heavy atom. The summed E-state index contributed by atoms with van der Waals surface area (Å²) in [6.07, 6.45) is 7.13. The molecule has 0 radical (unpaired) electrons. The average Bonchev–Trinajstić information content (AvgIpc) is 3.47. The van der Waals surface area contributed by atoms with Gasteiger partial charge < -0.3 is 15.4 Å². The maximum absolute atomic E-state index is 14.4. The number of aromatic nitrogens is 3. The van der Waals surface area contributed by atoms with E-state index in [0.717, 1.165) is 77.7 Å². The molecule has 7 rings (SSSR count). The molecule has 8 heteroatoms. The third-order valence-corrected chi connectivity index (χ3v) is 9.67. The zero-order valence-corrected chi connectivity index (χ0v) is 23.3. The van der Waals surface area contributed by atoms with E-state index in [4.69, 9.17) is 19.7 Å². The predicted octanol–water partition coefficient (Wildman–Crippen LogP) is 5.66. The van der Waals surface area contributed by atoms with Crippen LogP contribution in [0.3, 0.4) is 0 Å². The topological polar surface area (TPSA) is 75.2 Å². The van der Waals surface area contributed by atoms with Gasteiger partial charge >= 0.3 is 6.01 Å². The summed E-state index contributed by atoms with van der Waals surface area (Å²) < 4.78 is 20.7. The van der Waals surface area contributed by atoms with E-state index in [1.54, 1.807) is 0 Å². The first kappa shape index (κ1) is 25.6. The molecule has 208 valence electrons. The molecule has 2 atom stereocenters. The lowest BCUT2D eigenvalue weighted by atomic mass is 9.77. The number of hydrogen-bond acceptors (Lipinski definition) is 7. The van der Waals surface area contributed by atoms with Gasteiger partial charge in [-0.1, -0.05) is 42.5 Å². The highest BCUT2D eigenvalue weighted by Crippen LogP contribution is 2.41. The van der Waals surface area contributed by atoms with Crippen LogP contribution in [0.15, 0.2) is 48.7 Å². The number of alkyl halides is 1. The van der Waals surface area contributed by atoms with Gasteiger partial charge in [-0.25, -0.2) is 4.39 Å². The largest absolute Gasteiger partial charge is 0.461 e. The summed E-state index contributed by atoms with van der Waals surface area (Å²) in [5.41, 5.74) is 3.62. The Morgan fingerprint density at radius 1 is 1.05 bits per heavy atom. The first-order chi connectivity index (χ1) is 19.5. The van der Waals surface area contributed by atoms with Crippen LogP contribution in [-0.4, -0.2) is 70.4 Å². The van der Waals surface area contributed by atoms with Crippen LogP contribution in [0.4, 0.5) is 10.2 Å². The van der Waals surface area contributed by atoms with E-state index in [9.17, 15) is 4.39 Å². The number of nitrogens with zero attached hydrogens (tertiary/aromatic N) is 4. The minimum absolute atomic E-state index is 0.0763. The van der Waals surface area contributed by atoms with Crippen molar-refractivity contribution in [2.24, 2.45) is 0 Å². The zero-order chi connectivity index (χ0) is 27.3. The van der Waals surface area contributed by atoms with Crippen molar-refractivity contribution in [1.82, 2.24) is 25.2 Å². The summed E-state index contributed by atoms with van der Waals surface area (Å²) in [7, 11) is 2.03. The van der Waals surface area contributed by atoms with Crippen molar-refractivity contribution in [1.29, 1.82) is 0 Å². The molecule has 0 unspecified atom stereocenters. The van der Waals surface area contributed by atoms with Crippen LogP contribution in [0.5, 0.6) is 6.01 Å². The van der Waals surface area contributed by atoms with Crippen molar-refractivity contribution < 1.29 is 9.13 Å². The van der Waals surface area contributed by atoms with E-state index in [1.807, 2.05) is 13.2 Å². The number of fused-ring (bicyclic) bond motifs is 3. The van der Waals surface area contributed by atoms with Crippen LogP contribution < -0.4 is 15.4 Å². The lowest BCUT2D eigenvalue weighted by Crippen LogP contribution is -2.54. The molecule has 0 spiro atoms. The Labute approximate surface area is 234 Å². The molecule has 2 aliphatic heterocycles. The first-order valence-corrected chi connectivity index (χ1v) is 14.6. The molecule has 1 aliphatic carbocycles. The van der Waals surface area contributed by atoms with Crippen molar-refractivity contribution in [3.63, 3.8) is 0 Å². The molecule has 2 aromatic heterocycles. The quantitative estimate of drug-likeness (QED) is 0.299. The van der Waals surface area contributed by atoms with Crippen LogP contribution in [0.1, 0.15) is 44.1 Å². The fourth-order valence-corrected chi connectivity index (χ4v) is 7.12. The monoisotopic (exact) mass is 540 g/mol. The van der Waals surface area contributed by atoms with Gasteiger partial charge in [0.2, 0.25) is 0 Å². The van der Waals surface area contributed by atoms with Gasteiger partial charge in [-0.05, 0) is 63.4 Å². The molecule has 3 fully saturated rings. The highest BCUT2D eigenvalue weighted by Gasteiger charge is 2.49. The second-order valence-electron chi connectivity index (χ2n) is 12.0. The lowest BCUT2D eigenvalue weighted by molar-refractivity contribution is 0.107. The number of ether oxygens (including phenoxy) is 1. The highest BCUT2D eigenvalue weighted by molar-refractivity contribution is 6.00. The molecule has 4 aromatic rings. The van der Waals surface area contributed by atoms with E-state index in [1.165, 1.54) is 11.8 Å². The van der Waals surface area contributed by atoms with Gasteiger partial charge in [-0.2, -0.15) is 9.97 Å². The summed E-state index contributed by atoms with van der Waals surface area (Å²) in [5.74, 6) is 0.733. The Balaban J connectivity index is 1.29. The number of likely N-dealkylation sites (N-methyl/N-ethyl adjacent to an activating group) is 1. The molecule has 1 saturated carbocycles. The fourth-order valence-electron chi connectivity index (χ4n) is 7.12. The van der Waals surface area contributed by atoms with E-state index < -0.39 is 6.17 Å². The van der Waals surface area contributed by atoms with Gasteiger partial charge in [-0.15, -0.1) is 0 Å². The van der Waals surface area contributed by atoms with Gasteiger partial charge in [0, 0.05) is 42.4 Å². The molecule has 0 bridgehead atoms. The van der Waals surface area contributed by atoms with E-state index >= 15 is 0 Å². The Kier molecular flexibility index (Phi) is 6.35. The average molecular weight is 541 g/mol. The van der Waals surface area contributed by atoms with E-state index in [2.05, 4.69) is 64.9 Å². The van der Waals surface area contributed by atoms with Gasteiger partial charge in [0.25, 0.3) is 0 Å². The number of halogens is 1. The molecule has 2 saturated heterocycles. The number of nitrogens with one attached hydrogen (secondary N) is 2. The second-order valence-corrected chi connectivity index (χ2v) is 12.0. The number of hydrogen-bond donors (Lipinski definition) is 2. The van der Waals surface area contributed by atoms with Crippen LogP contribution in [-0.2, 0) is 0 Å². The second kappa shape index (κ2) is 9.93. The SMILES string of the molecule is CNC1(CNc2nc(OC[C@@]34CCCN3C[C@H](F)C4)nc3c(C)c(-c4cccc5ccccc45)ncc23)CCC1. The van der Waals surface area contributed by atoms with E-state index in [0.29, 0.717) is 25.6 Å². The number of benzene rings is 2. The molecular weight excluding hydrogens is 503 g/mol. The van der Waals surface area contributed by atoms with Crippen molar-refractivity contribution in [3.05, 3.63) is 54.2 Å². The zero-order valence-electron chi connectivity index (χ0n) is 23.3. The Morgan fingerprint density at radius 3 is 2.73 bits per heavy atom. The lowest BCUT2D eigenvalue weighted by Gasteiger charge is -2.42. The maximum atomic E-state index is 14.4. The van der Waals surface area contributed by atoms with Crippen LogP contribution >= 0.6 is 0 Å². The van der Waals surface area contributed by atoms with Crippen LogP contribution in [0.25, 0.3) is 32.9 Å². The van der Waals surface area contributed by atoms with Crippen molar-refractivity contribution in [3.8, 4) is 17.3 Å². The predicted molar refractivity (Wildman–Crippen MR) is 158 cm³/mol. The summed E-state index contributed by atoms with van der Waals surface area (Å²) >= 11 is 0. The molecular formula is C32H37FN6O. The molecule has 3 aliphatic rings. The highest BCUT2D eigenvalue weighted by atomic mass is 19.1. The summed E-state index contributed by atoms with van der Waals surface area (Å²) in [6.45, 7) is 4.68.